The number of nitriles is 1. The van der Waals surface area contributed by atoms with Crippen LogP contribution in [0.15, 0.2) is 28.9 Å². The molecule has 0 aliphatic heterocycles. The summed E-state index contributed by atoms with van der Waals surface area (Å²) < 4.78 is 2.49. The number of hydrogen-bond acceptors (Lipinski definition) is 2. The van der Waals surface area contributed by atoms with Crippen molar-refractivity contribution in [2.24, 2.45) is 0 Å². The van der Waals surface area contributed by atoms with Crippen LogP contribution >= 0.6 is 27.5 Å². The van der Waals surface area contributed by atoms with E-state index >= 15 is 0 Å². The molecule has 3 nitrogen and oxygen atoms in total. The minimum atomic E-state index is 0.577. The molecule has 0 atom stereocenters. The van der Waals surface area contributed by atoms with Crippen LogP contribution < -0.4 is 0 Å². The Labute approximate surface area is 106 Å². The van der Waals surface area contributed by atoms with Gasteiger partial charge in [0.25, 0.3) is 0 Å². The molecular formula is C11H7BrClN3. The maximum Gasteiger partial charge on any atom is 0.0992 e. The van der Waals surface area contributed by atoms with E-state index in [9.17, 15) is 0 Å². The highest BCUT2D eigenvalue weighted by Crippen LogP contribution is 2.21. The van der Waals surface area contributed by atoms with Crippen molar-refractivity contribution in [1.82, 2.24) is 9.78 Å². The zero-order valence-corrected chi connectivity index (χ0v) is 10.7. The third-order valence-electron chi connectivity index (χ3n) is 2.12. The summed E-state index contributed by atoms with van der Waals surface area (Å²) in [6.45, 7) is 1.84. The third kappa shape index (κ3) is 2.11. The molecule has 5 heteroatoms. The second-order valence-electron chi connectivity index (χ2n) is 3.32. The van der Waals surface area contributed by atoms with E-state index < -0.39 is 0 Å². The van der Waals surface area contributed by atoms with Gasteiger partial charge < -0.3 is 0 Å². The van der Waals surface area contributed by atoms with Gasteiger partial charge in [-0.1, -0.05) is 27.5 Å². The first-order chi connectivity index (χ1) is 7.60. The zero-order chi connectivity index (χ0) is 11.7. The molecule has 0 radical (unpaired) electrons. The van der Waals surface area contributed by atoms with Crippen LogP contribution in [0.25, 0.3) is 5.69 Å². The number of halogens is 2. The molecule has 0 bridgehead atoms. The van der Waals surface area contributed by atoms with Crippen LogP contribution in [0.5, 0.6) is 0 Å². The van der Waals surface area contributed by atoms with Crippen LogP contribution in [0.1, 0.15) is 11.3 Å². The fourth-order valence-corrected chi connectivity index (χ4v) is 1.95. The molecule has 0 spiro atoms. The maximum absolute atomic E-state index is 8.87. The topological polar surface area (TPSA) is 41.6 Å². The van der Waals surface area contributed by atoms with E-state index in [1.54, 1.807) is 23.0 Å². The van der Waals surface area contributed by atoms with Crippen molar-refractivity contribution in [2.45, 2.75) is 6.92 Å². The van der Waals surface area contributed by atoms with Gasteiger partial charge in [-0.25, -0.2) is 4.68 Å². The van der Waals surface area contributed by atoms with Crippen LogP contribution in [-0.2, 0) is 0 Å². The van der Waals surface area contributed by atoms with Crippen molar-refractivity contribution in [1.29, 1.82) is 5.26 Å². The molecule has 1 heterocycles. The Morgan fingerprint density at radius 2 is 2.19 bits per heavy atom. The quantitative estimate of drug-likeness (QED) is 0.808. The van der Waals surface area contributed by atoms with Gasteiger partial charge in [-0.3, -0.25) is 0 Å². The van der Waals surface area contributed by atoms with Crippen LogP contribution in [-0.4, -0.2) is 9.78 Å². The van der Waals surface area contributed by atoms with Gasteiger partial charge in [0, 0.05) is 10.7 Å². The van der Waals surface area contributed by atoms with Gasteiger partial charge in [0.1, 0.15) is 0 Å². The van der Waals surface area contributed by atoms with E-state index in [1.165, 1.54) is 0 Å². The Hall–Kier alpha value is -1.31. The van der Waals surface area contributed by atoms with E-state index in [0.717, 1.165) is 15.9 Å². The van der Waals surface area contributed by atoms with E-state index in [4.69, 9.17) is 16.9 Å². The SMILES string of the molecule is Cc1nn(-c2cc(Br)cc(C#N)c2)cc1Cl. The number of hydrogen-bond donors (Lipinski definition) is 0. The van der Waals surface area contributed by atoms with E-state index in [0.29, 0.717) is 10.6 Å². The summed E-state index contributed by atoms with van der Waals surface area (Å²) in [5, 5.41) is 13.7. The van der Waals surface area contributed by atoms with Gasteiger partial charge in [0.2, 0.25) is 0 Å². The molecule has 0 saturated heterocycles. The lowest BCUT2D eigenvalue weighted by molar-refractivity contribution is 0.861. The molecule has 0 N–H and O–H groups in total. The van der Waals surface area contributed by atoms with Gasteiger partial charge in [-0.2, -0.15) is 10.4 Å². The smallest absolute Gasteiger partial charge is 0.0992 e. The molecule has 1 aromatic heterocycles. The van der Waals surface area contributed by atoms with E-state index in [2.05, 4.69) is 27.1 Å². The van der Waals surface area contributed by atoms with E-state index in [-0.39, 0.29) is 0 Å². The number of rotatable bonds is 1. The first kappa shape index (κ1) is 11.2. The molecule has 0 saturated carbocycles. The van der Waals surface area contributed by atoms with Crippen molar-refractivity contribution < 1.29 is 0 Å². The van der Waals surface area contributed by atoms with Gasteiger partial charge >= 0.3 is 0 Å². The monoisotopic (exact) mass is 295 g/mol. The molecular weight excluding hydrogens is 289 g/mol. The van der Waals surface area contributed by atoms with Crippen LogP contribution in [0, 0.1) is 18.3 Å². The first-order valence-electron chi connectivity index (χ1n) is 4.53. The van der Waals surface area contributed by atoms with Crippen molar-refractivity contribution in [3.63, 3.8) is 0 Å². The summed E-state index contributed by atoms with van der Waals surface area (Å²) in [6.07, 6.45) is 1.72. The highest BCUT2D eigenvalue weighted by atomic mass is 79.9. The molecule has 1 aromatic carbocycles. The number of benzene rings is 1. The highest BCUT2D eigenvalue weighted by Gasteiger charge is 2.05. The van der Waals surface area contributed by atoms with Crippen LogP contribution in [0.3, 0.4) is 0 Å². The average Bonchev–Trinajstić information content (AvgIpc) is 2.58. The second-order valence-corrected chi connectivity index (χ2v) is 4.64. The fraction of sp³-hybridized carbons (Fsp3) is 0.0909. The van der Waals surface area contributed by atoms with Crippen molar-refractivity contribution in [3.05, 3.63) is 45.1 Å². The molecule has 0 unspecified atom stereocenters. The molecule has 0 aliphatic carbocycles. The molecule has 0 fully saturated rings. The summed E-state index contributed by atoms with van der Waals surface area (Å²) in [5.41, 5.74) is 2.15. The standard InChI is InChI=1S/C11H7BrClN3/c1-7-11(13)6-16(15-7)10-3-8(5-14)2-9(12)4-10/h2-4,6H,1H3. The number of aryl methyl sites for hydroxylation is 1. The Morgan fingerprint density at radius 1 is 1.44 bits per heavy atom. The Bertz CT molecular complexity index is 564. The van der Waals surface area contributed by atoms with Crippen LogP contribution in [0.4, 0.5) is 0 Å². The van der Waals surface area contributed by atoms with E-state index in [1.807, 2.05) is 13.0 Å². The largest absolute Gasteiger partial charge is 0.239 e. The van der Waals surface area contributed by atoms with Crippen molar-refractivity contribution in [2.75, 3.05) is 0 Å². The lowest BCUT2D eigenvalue weighted by Gasteiger charge is -2.02. The van der Waals surface area contributed by atoms with Gasteiger partial charge in [-0.05, 0) is 25.1 Å². The van der Waals surface area contributed by atoms with Crippen molar-refractivity contribution in [3.8, 4) is 11.8 Å². The minimum Gasteiger partial charge on any atom is -0.239 e. The Balaban J connectivity index is 2.56. The van der Waals surface area contributed by atoms with Gasteiger partial charge in [0.05, 0.1) is 28.0 Å². The normalized spacial score (nSPS) is 10.1. The maximum atomic E-state index is 8.87. The molecule has 80 valence electrons. The van der Waals surface area contributed by atoms with Gasteiger partial charge in [-0.15, -0.1) is 0 Å². The lowest BCUT2D eigenvalue weighted by atomic mass is 10.2. The molecule has 0 amide bonds. The number of aromatic nitrogens is 2. The predicted molar refractivity (Wildman–Crippen MR) is 65.7 cm³/mol. The molecule has 2 rings (SSSR count). The molecule has 2 aromatic rings. The Kier molecular flexibility index (Phi) is 2.99. The molecule has 16 heavy (non-hydrogen) atoms. The fourth-order valence-electron chi connectivity index (χ4n) is 1.34. The summed E-state index contributed by atoms with van der Waals surface area (Å²) in [5.74, 6) is 0. The summed E-state index contributed by atoms with van der Waals surface area (Å²) >= 11 is 9.28. The minimum absolute atomic E-state index is 0.577. The summed E-state index contributed by atoms with van der Waals surface area (Å²) in [4.78, 5) is 0. The van der Waals surface area contributed by atoms with Crippen LogP contribution in [0.2, 0.25) is 5.02 Å². The molecule has 0 aliphatic rings. The number of nitrogens with zero attached hydrogens (tertiary/aromatic N) is 3. The highest BCUT2D eigenvalue weighted by molar-refractivity contribution is 9.10. The predicted octanol–water partition coefficient (Wildman–Crippen LogP) is 3.47. The Morgan fingerprint density at radius 3 is 2.75 bits per heavy atom. The lowest BCUT2D eigenvalue weighted by Crippen LogP contribution is -1.95. The third-order valence-corrected chi connectivity index (χ3v) is 2.94. The van der Waals surface area contributed by atoms with Crippen molar-refractivity contribution >= 4 is 27.5 Å². The zero-order valence-electron chi connectivity index (χ0n) is 8.41. The van der Waals surface area contributed by atoms with Gasteiger partial charge in [0.15, 0.2) is 0 Å². The summed E-state index contributed by atoms with van der Waals surface area (Å²) in [7, 11) is 0. The summed E-state index contributed by atoms with van der Waals surface area (Å²) in [6, 6.07) is 7.48. The average molecular weight is 297 g/mol. The first-order valence-corrected chi connectivity index (χ1v) is 5.70. The second kappa shape index (κ2) is 4.28.